The van der Waals surface area contributed by atoms with Gasteiger partial charge in [-0.3, -0.25) is 14.9 Å². The second-order valence-electron chi connectivity index (χ2n) is 5.67. The van der Waals surface area contributed by atoms with Gasteiger partial charge in [-0.2, -0.15) is 10.1 Å². The summed E-state index contributed by atoms with van der Waals surface area (Å²) >= 11 is 0. The molecule has 1 aliphatic heterocycles. The van der Waals surface area contributed by atoms with Crippen molar-refractivity contribution >= 4 is 23.8 Å². The number of H-pyrrole nitrogens is 1. The van der Waals surface area contributed by atoms with Gasteiger partial charge in [-0.1, -0.05) is 30.3 Å². The van der Waals surface area contributed by atoms with Crippen LogP contribution in [0.2, 0.25) is 0 Å². The molecule has 2 N–H and O–H groups in total. The van der Waals surface area contributed by atoms with Gasteiger partial charge in [-0.25, -0.2) is 5.10 Å². The van der Waals surface area contributed by atoms with Crippen LogP contribution in [0.4, 0.5) is 5.95 Å². The van der Waals surface area contributed by atoms with Crippen molar-refractivity contribution in [1.29, 1.82) is 0 Å². The molecule has 1 saturated heterocycles. The number of likely N-dealkylation sites (tertiary alicyclic amines) is 1. The third-order valence-electron chi connectivity index (χ3n) is 4.05. The summed E-state index contributed by atoms with van der Waals surface area (Å²) in [6.45, 7) is 1.15. The predicted molar refractivity (Wildman–Crippen MR) is 89.8 cm³/mol. The van der Waals surface area contributed by atoms with Crippen molar-refractivity contribution < 1.29 is 9.59 Å². The lowest BCUT2D eigenvalue weighted by molar-refractivity contribution is -0.130. The number of aromatic amines is 1. The number of benzene rings is 1. The lowest BCUT2D eigenvalue weighted by Crippen LogP contribution is -2.40. The molecule has 2 aromatic rings. The molecule has 2 amide bonds. The maximum atomic E-state index is 12.2. The van der Waals surface area contributed by atoms with Crippen molar-refractivity contribution in [3.8, 4) is 0 Å². The first kappa shape index (κ1) is 15.9. The lowest BCUT2D eigenvalue weighted by Gasteiger charge is -2.30. The smallest absolute Gasteiger partial charge is 0.246 e. The van der Waals surface area contributed by atoms with Crippen molar-refractivity contribution in [2.75, 3.05) is 18.4 Å². The molecular formula is C17H19N5O2. The van der Waals surface area contributed by atoms with Gasteiger partial charge < -0.3 is 4.90 Å². The summed E-state index contributed by atoms with van der Waals surface area (Å²) in [7, 11) is 0. The van der Waals surface area contributed by atoms with E-state index in [-0.39, 0.29) is 17.7 Å². The molecule has 7 heteroatoms. The standard InChI is InChI=1S/C17H19N5O2/c23-15(7-6-13-4-2-1-3-5-13)22-10-8-14(9-11-22)16(24)20-17-18-12-19-21-17/h1-7,12,14H,8-11H2,(H2,18,19,20,21,24)/b7-6+. The summed E-state index contributed by atoms with van der Waals surface area (Å²) in [6.07, 6.45) is 6.03. The highest BCUT2D eigenvalue weighted by Gasteiger charge is 2.26. The van der Waals surface area contributed by atoms with Gasteiger partial charge in [-0.15, -0.1) is 0 Å². The van der Waals surface area contributed by atoms with Gasteiger partial charge in [0.05, 0.1) is 0 Å². The molecule has 0 aliphatic carbocycles. The molecule has 124 valence electrons. The Morgan fingerprint density at radius 3 is 2.62 bits per heavy atom. The first-order valence-electron chi connectivity index (χ1n) is 7.90. The molecule has 2 heterocycles. The van der Waals surface area contributed by atoms with Crippen LogP contribution in [-0.4, -0.2) is 45.0 Å². The fourth-order valence-electron chi connectivity index (χ4n) is 2.68. The van der Waals surface area contributed by atoms with Gasteiger partial charge >= 0.3 is 0 Å². The molecule has 3 rings (SSSR count). The molecule has 1 aliphatic rings. The van der Waals surface area contributed by atoms with E-state index in [0.717, 1.165) is 5.56 Å². The first-order valence-corrected chi connectivity index (χ1v) is 7.90. The number of carbonyl (C=O) groups excluding carboxylic acids is 2. The number of nitrogens with one attached hydrogen (secondary N) is 2. The largest absolute Gasteiger partial charge is 0.339 e. The molecule has 7 nitrogen and oxygen atoms in total. The molecule has 1 aromatic carbocycles. The Kier molecular flexibility index (Phi) is 5.00. The van der Waals surface area contributed by atoms with E-state index in [2.05, 4.69) is 20.5 Å². The average Bonchev–Trinajstić information content (AvgIpc) is 3.13. The summed E-state index contributed by atoms with van der Waals surface area (Å²) in [4.78, 5) is 30.0. The molecule has 0 atom stereocenters. The van der Waals surface area contributed by atoms with E-state index in [0.29, 0.717) is 31.9 Å². The quantitative estimate of drug-likeness (QED) is 0.837. The van der Waals surface area contributed by atoms with E-state index in [4.69, 9.17) is 0 Å². The van der Waals surface area contributed by atoms with Crippen LogP contribution in [0.1, 0.15) is 18.4 Å². The Morgan fingerprint density at radius 1 is 1.21 bits per heavy atom. The second-order valence-corrected chi connectivity index (χ2v) is 5.67. The van der Waals surface area contributed by atoms with Gasteiger partial charge in [0, 0.05) is 25.1 Å². The van der Waals surface area contributed by atoms with Crippen molar-refractivity contribution in [2.24, 2.45) is 5.92 Å². The molecule has 24 heavy (non-hydrogen) atoms. The van der Waals surface area contributed by atoms with Gasteiger partial charge in [0.1, 0.15) is 6.33 Å². The zero-order valence-corrected chi connectivity index (χ0v) is 13.2. The van der Waals surface area contributed by atoms with Crippen LogP contribution in [0.5, 0.6) is 0 Å². The molecule has 0 radical (unpaired) electrons. The van der Waals surface area contributed by atoms with E-state index < -0.39 is 0 Å². The molecule has 1 fully saturated rings. The minimum absolute atomic E-state index is 0.0204. The molecule has 0 unspecified atom stereocenters. The highest BCUT2D eigenvalue weighted by atomic mass is 16.2. The highest BCUT2D eigenvalue weighted by molar-refractivity contribution is 5.93. The summed E-state index contributed by atoms with van der Waals surface area (Å²) in [5.41, 5.74) is 0.993. The van der Waals surface area contributed by atoms with Gasteiger partial charge in [0.2, 0.25) is 17.8 Å². The monoisotopic (exact) mass is 325 g/mol. The lowest BCUT2D eigenvalue weighted by atomic mass is 9.96. The predicted octanol–water partition coefficient (Wildman–Crippen LogP) is 1.70. The van der Waals surface area contributed by atoms with Crippen molar-refractivity contribution in [1.82, 2.24) is 20.1 Å². The van der Waals surface area contributed by atoms with E-state index >= 15 is 0 Å². The van der Waals surface area contributed by atoms with Crippen molar-refractivity contribution in [2.45, 2.75) is 12.8 Å². The van der Waals surface area contributed by atoms with E-state index in [1.165, 1.54) is 6.33 Å². The SMILES string of the molecule is O=C(Nc1ncn[nH]1)C1CCN(C(=O)/C=C/c2ccccc2)CC1. The third-order valence-corrected chi connectivity index (χ3v) is 4.05. The maximum absolute atomic E-state index is 12.2. The maximum Gasteiger partial charge on any atom is 0.246 e. The van der Waals surface area contributed by atoms with Crippen LogP contribution in [0.15, 0.2) is 42.7 Å². The summed E-state index contributed by atoms with van der Waals surface area (Å²) in [5.74, 6) is 0.133. The number of aromatic nitrogens is 3. The van der Waals surface area contributed by atoms with Crippen LogP contribution in [-0.2, 0) is 9.59 Å². The van der Waals surface area contributed by atoms with Gasteiger partial charge in [-0.05, 0) is 24.5 Å². The van der Waals surface area contributed by atoms with Crippen LogP contribution < -0.4 is 5.32 Å². The fraction of sp³-hybridized carbons (Fsp3) is 0.294. The van der Waals surface area contributed by atoms with Crippen molar-refractivity contribution in [3.63, 3.8) is 0 Å². The first-order chi connectivity index (χ1) is 11.7. The van der Waals surface area contributed by atoms with Crippen LogP contribution in [0.3, 0.4) is 0 Å². The molecule has 1 aromatic heterocycles. The fourth-order valence-corrected chi connectivity index (χ4v) is 2.68. The highest BCUT2D eigenvalue weighted by Crippen LogP contribution is 2.19. The second kappa shape index (κ2) is 7.54. The van der Waals surface area contributed by atoms with Crippen LogP contribution in [0, 0.1) is 5.92 Å². The average molecular weight is 325 g/mol. The van der Waals surface area contributed by atoms with Gasteiger partial charge in [0.25, 0.3) is 0 Å². The van der Waals surface area contributed by atoms with E-state index in [1.807, 2.05) is 36.4 Å². The Balaban J connectivity index is 1.48. The number of amides is 2. The Labute approximate surface area is 139 Å². The van der Waals surface area contributed by atoms with Crippen LogP contribution >= 0.6 is 0 Å². The summed E-state index contributed by atoms with van der Waals surface area (Å²) in [5, 5.41) is 8.99. The number of rotatable bonds is 4. The number of hydrogen-bond donors (Lipinski definition) is 2. The zero-order valence-electron chi connectivity index (χ0n) is 13.2. The number of nitrogens with zero attached hydrogens (tertiary/aromatic N) is 3. The number of hydrogen-bond acceptors (Lipinski definition) is 4. The minimum atomic E-state index is -0.114. The Hall–Kier alpha value is -2.96. The summed E-state index contributed by atoms with van der Waals surface area (Å²) < 4.78 is 0. The number of anilines is 1. The number of piperidine rings is 1. The normalized spacial score (nSPS) is 15.6. The summed E-state index contributed by atoms with van der Waals surface area (Å²) in [6, 6.07) is 9.70. The zero-order chi connectivity index (χ0) is 16.8. The molecule has 0 spiro atoms. The van der Waals surface area contributed by atoms with Crippen molar-refractivity contribution in [3.05, 3.63) is 48.3 Å². The molecular weight excluding hydrogens is 306 g/mol. The molecule has 0 bridgehead atoms. The third kappa shape index (κ3) is 4.07. The van der Waals surface area contributed by atoms with E-state index in [9.17, 15) is 9.59 Å². The van der Waals surface area contributed by atoms with Crippen LogP contribution in [0.25, 0.3) is 6.08 Å². The minimum Gasteiger partial charge on any atom is -0.339 e. The Bertz CT molecular complexity index is 704. The Morgan fingerprint density at radius 2 is 1.96 bits per heavy atom. The van der Waals surface area contributed by atoms with E-state index in [1.54, 1.807) is 11.0 Å². The molecule has 0 saturated carbocycles. The number of carbonyl (C=O) groups is 2. The van der Waals surface area contributed by atoms with Gasteiger partial charge in [0.15, 0.2) is 0 Å². The topological polar surface area (TPSA) is 91.0 Å².